The number of anilines is 1. The number of nitrogens with one attached hydrogen (secondary N) is 1. The minimum absolute atomic E-state index is 0.348. The summed E-state index contributed by atoms with van der Waals surface area (Å²) < 4.78 is 10.4. The molecule has 7 heteroatoms. The molecular formula is C19H22N2O4S. The molecule has 26 heavy (non-hydrogen) atoms. The maximum atomic E-state index is 12.8. The van der Waals surface area contributed by atoms with Gasteiger partial charge < -0.3 is 20.5 Å². The van der Waals surface area contributed by atoms with Gasteiger partial charge in [-0.1, -0.05) is 6.92 Å². The number of primary amides is 1. The quantitative estimate of drug-likeness (QED) is 0.840. The molecule has 0 saturated heterocycles. The zero-order valence-corrected chi connectivity index (χ0v) is 15.9. The number of fused-ring (bicyclic) bond motifs is 1. The lowest BCUT2D eigenvalue weighted by Gasteiger charge is -2.18. The Morgan fingerprint density at radius 3 is 2.69 bits per heavy atom. The molecule has 6 nitrogen and oxygen atoms in total. The third kappa shape index (κ3) is 3.39. The summed E-state index contributed by atoms with van der Waals surface area (Å²) >= 11 is 1.44. The lowest BCUT2D eigenvalue weighted by atomic mass is 9.87. The number of nitrogens with two attached hydrogens (primary N) is 1. The minimum atomic E-state index is -0.506. The van der Waals surface area contributed by atoms with Crippen molar-refractivity contribution in [2.24, 2.45) is 11.7 Å². The zero-order chi connectivity index (χ0) is 18.8. The molecule has 0 radical (unpaired) electrons. The van der Waals surface area contributed by atoms with Gasteiger partial charge in [-0.15, -0.1) is 11.3 Å². The van der Waals surface area contributed by atoms with E-state index in [4.69, 9.17) is 15.2 Å². The van der Waals surface area contributed by atoms with Crippen LogP contribution in [0.15, 0.2) is 18.2 Å². The van der Waals surface area contributed by atoms with Crippen molar-refractivity contribution in [2.45, 2.75) is 26.2 Å². The van der Waals surface area contributed by atoms with Gasteiger partial charge >= 0.3 is 0 Å². The highest BCUT2D eigenvalue weighted by molar-refractivity contribution is 7.17. The van der Waals surface area contributed by atoms with Gasteiger partial charge in [-0.2, -0.15) is 0 Å². The molecule has 0 unspecified atom stereocenters. The Bertz CT molecular complexity index is 859. The third-order valence-corrected chi connectivity index (χ3v) is 5.84. The average Bonchev–Trinajstić information content (AvgIpc) is 2.97. The fourth-order valence-corrected chi connectivity index (χ4v) is 4.51. The topological polar surface area (TPSA) is 90.6 Å². The number of hydrogen-bond donors (Lipinski definition) is 2. The highest BCUT2D eigenvalue weighted by Gasteiger charge is 2.28. The number of ether oxygens (including phenoxy) is 2. The van der Waals surface area contributed by atoms with Gasteiger partial charge in [-0.05, 0) is 42.9 Å². The molecule has 1 aliphatic carbocycles. The van der Waals surface area contributed by atoms with Crippen molar-refractivity contribution in [3.63, 3.8) is 0 Å². The predicted octanol–water partition coefficient (Wildman–Crippen LogP) is 3.24. The van der Waals surface area contributed by atoms with Crippen LogP contribution in [0.1, 0.15) is 44.5 Å². The van der Waals surface area contributed by atoms with Crippen molar-refractivity contribution >= 4 is 28.2 Å². The van der Waals surface area contributed by atoms with E-state index in [0.29, 0.717) is 33.5 Å². The van der Waals surface area contributed by atoms with Gasteiger partial charge in [0.05, 0.1) is 25.3 Å². The summed E-state index contributed by atoms with van der Waals surface area (Å²) in [4.78, 5) is 25.9. The van der Waals surface area contributed by atoms with E-state index < -0.39 is 5.91 Å². The van der Waals surface area contributed by atoms with Gasteiger partial charge in [0.1, 0.15) is 16.5 Å². The molecule has 3 N–H and O–H groups in total. The number of aryl methyl sites for hydroxylation is 1. The van der Waals surface area contributed by atoms with Gasteiger partial charge in [-0.25, -0.2) is 0 Å². The summed E-state index contributed by atoms with van der Waals surface area (Å²) in [6, 6.07) is 4.96. The lowest BCUT2D eigenvalue weighted by Crippen LogP contribution is -2.20. The normalized spacial score (nSPS) is 15.9. The van der Waals surface area contributed by atoms with E-state index in [-0.39, 0.29) is 5.91 Å². The van der Waals surface area contributed by atoms with Crippen molar-refractivity contribution in [3.8, 4) is 11.5 Å². The van der Waals surface area contributed by atoms with E-state index in [1.165, 1.54) is 18.4 Å². The van der Waals surface area contributed by atoms with Gasteiger partial charge in [-0.3, -0.25) is 9.59 Å². The van der Waals surface area contributed by atoms with Crippen LogP contribution in [0.2, 0.25) is 0 Å². The molecule has 0 aliphatic heterocycles. The Labute approximate surface area is 156 Å². The maximum absolute atomic E-state index is 12.8. The van der Waals surface area contributed by atoms with E-state index in [1.807, 2.05) is 0 Å². The minimum Gasteiger partial charge on any atom is -0.497 e. The van der Waals surface area contributed by atoms with Crippen LogP contribution in [-0.2, 0) is 12.8 Å². The van der Waals surface area contributed by atoms with E-state index in [1.54, 1.807) is 25.3 Å². The van der Waals surface area contributed by atoms with Crippen LogP contribution in [-0.4, -0.2) is 26.0 Å². The van der Waals surface area contributed by atoms with Crippen molar-refractivity contribution in [1.29, 1.82) is 0 Å². The summed E-state index contributed by atoms with van der Waals surface area (Å²) in [5.41, 5.74) is 7.40. The van der Waals surface area contributed by atoms with Crippen LogP contribution in [0.5, 0.6) is 11.5 Å². The molecular weight excluding hydrogens is 352 g/mol. The SMILES string of the molecule is COc1ccc(C(=O)Nc2sc3c(c2C(N)=O)C[C@@H](C)CC3)c(OC)c1. The zero-order valence-electron chi connectivity index (χ0n) is 15.0. The molecule has 138 valence electrons. The predicted molar refractivity (Wildman–Crippen MR) is 102 cm³/mol. The number of amides is 2. The number of carbonyl (C=O) groups excluding carboxylic acids is 2. The molecule has 2 amide bonds. The Kier molecular flexibility index (Phi) is 5.18. The average molecular weight is 374 g/mol. The Morgan fingerprint density at radius 1 is 1.27 bits per heavy atom. The smallest absolute Gasteiger partial charge is 0.260 e. The largest absolute Gasteiger partial charge is 0.497 e. The fourth-order valence-electron chi connectivity index (χ4n) is 3.26. The van der Waals surface area contributed by atoms with Crippen molar-refractivity contribution in [2.75, 3.05) is 19.5 Å². The molecule has 0 fully saturated rings. The fraction of sp³-hybridized carbons (Fsp3) is 0.368. The molecule has 1 heterocycles. The molecule has 0 spiro atoms. The van der Waals surface area contributed by atoms with Crippen molar-refractivity contribution in [3.05, 3.63) is 39.8 Å². The summed E-state index contributed by atoms with van der Waals surface area (Å²) in [6.07, 6.45) is 2.79. The number of hydrogen-bond acceptors (Lipinski definition) is 5. The van der Waals surface area contributed by atoms with Crippen molar-refractivity contribution in [1.82, 2.24) is 0 Å². The standard InChI is InChI=1S/C19H22N2O4S/c1-10-4-7-15-13(8-10)16(17(20)22)19(26-15)21-18(23)12-6-5-11(24-2)9-14(12)25-3/h5-6,9-10H,4,7-8H2,1-3H3,(H2,20,22)(H,21,23)/t10-/m0/s1. The Morgan fingerprint density at radius 2 is 2.04 bits per heavy atom. The first kappa shape index (κ1) is 18.3. The van der Waals surface area contributed by atoms with Crippen LogP contribution in [0.25, 0.3) is 0 Å². The van der Waals surface area contributed by atoms with Gasteiger partial charge in [0.25, 0.3) is 11.8 Å². The van der Waals surface area contributed by atoms with E-state index in [0.717, 1.165) is 29.7 Å². The van der Waals surface area contributed by atoms with Crippen LogP contribution in [0.3, 0.4) is 0 Å². The first-order chi connectivity index (χ1) is 12.4. The molecule has 1 atom stereocenters. The first-order valence-corrected chi connectivity index (χ1v) is 9.24. The Balaban J connectivity index is 1.94. The highest BCUT2D eigenvalue weighted by atomic mass is 32.1. The van der Waals surface area contributed by atoms with Gasteiger partial charge in [0.2, 0.25) is 0 Å². The molecule has 2 aromatic rings. The van der Waals surface area contributed by atoms with E-state index in [9.17, 15) is 9.59 Å². The molecule has 3 rings (SSSR count). The number of benzene rings is 1. The monoisotopic (exact) mass is 374 g/mol. The second-order valence-corrected chi connectivity index (χ2v) is 7.55. The third-order valence-electron chi connectivity index (χ3n) is 4.63. The summed E-state index contributed by atoms with van der Waals surface area (Å²) in [5, 5.41) is 3.36. The molecule has 1 aromatic carbocycles. The van der Waals surface area contributed by atoms with Gasteiger partial charge in [0.15, 0.2) is 0 Å². The summed E-state index contributed by atoms with van der Waals surface area (Å²) in [7, 11) is 3.04. The van der Waals surface area contributed by atoms with Crippen LogP contribution < -0.4 is 20.5 Å². The Hall–Kier alpha value is -2.54. The number of thiophene rings is 1. The summed E-state index contributed by atoms with van der Waals surface area (Å²) in [6.45, 7) is 2.16. The highest BCUT2D eigenvalue weighted by Crippen LogP contribution is 2.40. The van der Waals surface area contributed by atoms with Gasteiger partial charge in [0, 0.05) is 10.9 Å². The van der Waals surface area contributed by atoms with Crippen LogP contribution in [0, 0.1) is 5.92 Å². The van der Waals surface area contributed by atoms with Crippen LogP contribution in [0.4, 0.5) is 5.00 Å². The van der Waals surface area contributed by atoms with Crippen molar-refractivity contribution < 1.29 is 19.1 Å². The molecule has 1 aromatic heterocycles. The maximum Gasteiger partial charge on any atom is 0.260 e. The second-order valence-electron chi connectivity index (χ2n) is 6.44. The summed E-state index contributed by atoms with van der Waals surface area (Å²) in [5.74, 6) is 0.641. The second kappa shape index (κ2) is 7.37. The number of methoxy groups -OCH3 is 2. The van der Waals surface area contributed by atoms with Crippen LogP contribution >= 0.6 is 11.3 Å². The number of rotatable bonds is 5. The number of carbonyl (C=O) groups is 2. The van der Waals surface area contributed by atoms with E-state index in [2.05, 4.69) is 12.2 Å². The first-order valence-electron chi connectivity index (χ1n) is 8.42. The molecule has 0 saturated carbocycles. The van der Waals surface area contributed by atoms with E-state index >= 15 is 0 Å². The lowest BCUT2D eigenvalue weighted by molar-refractivity contribution is 0.1000. The molecule has 0 bridgehead atoms. The molecule has 1 aliphatic rings.